The highest BCUT2D eigenvalue weighted by Crippen LogP contribution is 2.34. The number of hydrazine groups is 1. The first-order valence-electron chi connectivity index (χ1n) is 5.10. The molecule has 0 aliphatic heterocycles. The minimum atomic E-state index is -0.542. The van der Waals surface area contributed by atoms with Crippen LogP contribution in [0.4, 0.5) is 8.78 Å². The summed E-state index contributed by atoms with van der Waals surface area (Å²) in [4.78, 5) is 0. The smallest absolute Gasteiger partial charge is 0.129 e. The molecule has 0 bridgehead atoms. The topological polar surface area (TPSA) is 38.0 Å². The molecular formula is C11H14F2N2. The molecule has 1 aliphatic carbocycles. The van der Waals surface area contributed by atoms with Gasteiger partial charge >= 0.3 is 0 Å². The van der Waals surface area contributed by atoms with Crippen molar-refractivity contribution in [3.05, 3.63) is 35.4 Å². The first kappa shape index (κ1) is 10.5. The largest absolute Gasteiger partial charge is 0.271 e. The molecule has 0 amide bonds. The summed E-state index contributed by atoms with van der Waals surface area (Å²) in [5, 5.41) is 0. The van der Waals surface area contributed by atoms with Crippen molar-refractivity contribution in [3.63, 3.8) is 0 Å². The molecule has 0 aromatic heterocycles. The molecule has 1 atom stereocenters. The molecule has 82 valence electrons. The van der Waals surface area contributed by atoms with Gasteiger partial charge in [0.25, 0.3) is 0 Å². The van der Waals surface area contributed by atoms with Crippen molar-refractivity contribution in [2.45, 2.75) is 25.3 Å². The summed E-state index contributed by atoms with van der Waals surface area (Å²) in [6, 6.07) is 3.77. The summed E-state index contributed by atoms with van der Waals surface area (Å²) < 4.78 is 26.0. The van der Waals surface area contributed by atoms with Crippen molar-refractivity contribution >= 4 is 0 Å². The Hall–Kier alpha value is -1.00. The van der Waals surface area contributed by atoms with E-state index in [-0.39, 0.29) is 6.04 Å². The highest BCUT2D eigenvalue weighted by molar-refractivity contribution is 5.20. The Kier molecular flexibility index (Phi) is 2.98. The van der Waals surface area contributed by atoms with E-state index in [0.717, 1.165) is 18.9 Å². The zero-order chi connectivity index (χ0) is 10.8. The molecule has 4 heteroatoms. The van der Waals surface area contributed by atoms with Gasteiger partial charge in [-0.2, -0.15) is 0 Å². The van der Waals surface area contributed by atoms with Crippen molar-refractivity contribution in [2.75, 3.05) is 0 Å². The fourth-order valence-electron chi connectivity index (χ4n) is 1.78. The molecule has 1 aliphatic rings. The first-order valence-corrected chi connectivity index (χ1v) is 5.10. The third-order valence-corrected chi connectivity index (χ3v) is 2.86. The van der Waals surface area contributed by atoms with Crippen LogP contribution in [-0.4, -0.2) is 6.04 Å². The summed E-state index contributed by atoms with van der Waals surface area (Å²) in [5.74, 6) is 4.90. The standard InChI is InChI=1S/C11H14F2N2/c12-9-4-3-8(10(13)6-9)5-11(15-14)7-1-2-7/h3-4,6-7,11,15H,1-2,5,14H2. The van der Waals surface area contributed by atoms with Gasteiger partial charge in [0.15, 0.2) is 0 Å². The molecular weight excluding hydrogens is 198 g/mol. The maximum atomic E-state index is 13.3. The molecule has 1 unspecified atom stereocenters. The third-order valence-electron chi connectivity index (χ3n) is 2.86. The first-order chi connectivity index (χ1) is 7.20. The number of nitrogens with two attached hydrogens (primary N) is 1. The van der Waals surface area contributed by atoms with Crippen LogP contribution in [0.5, 0.6) is 0 Å². The highest BCUT2D eigenvalue weighted by atomic mass is 19.1. The lowest BCUT2D eigenvalue weighted by Gasteiger charge is -2.15. The van der Waals surface area contributed by atoms with Crippen molar-refractivity contribution in [1.82, 2.24) is 5.43 Å². The van der Waals surface area contributed by atoms with Gasteiger partial charge in [-0.15, -0.1) is 0 Å². The summed E-state index contributed by atoms with van der Waals surface area (Å²) in [6.07, 6.45) is 2.79. The normalized spacial score (nSPS) is 17.8. The van der Waals surface area contributed by atoms with Gasteiger partial charge in [-0.3, -0.25) is 11.3 Å². The van der Waals surface area contributed by atoms with Gasteiger partial charge < -0.3 is 0 Å². The fourth-order valence-corrected chi connectivity index (χ4v) is 1.78. The van der Waals surface area contributed by atoms with Crippen LogP contribution in [0.3, 0.4) is 0 Å². The number of nitrogens with one attached hydrogen (secondary N) is 1. The Balaban J connectivity index is 2.08. The monoisotopic (exact) mass is 212 g/mol. The number of hydrogen-bond donors (Lipinski definition) is 2. The highest BCUT2D eigenvalue weighted by Gasteiger charge is 2.30. The van der Waals surface area contributed by atoms with Gasteiger partial charge in [-0.25, -0.2) is 8.78 Å². The van der Waals surface area contributed by atoms with Gasteiger partial charge in [0.05, 0.1) is 0 Å². The molecule has 0 spiro atoms. The van der Waals surface area contributed by atoms with Crippen LogP contribution < -0.4 is 11.3 Å². The number of hydrogen-bond acceptors (Lipinski definition) is 2. The Labute approximate surface area is 87.4 Å². The minimum absolute atomic E-state index is 0.102. The van der Waals surface area contributed by atoms with Crippen LogP contribution >= 0.6 is 0 Å². The lowest BCUT2D eigenvalue weighted by atomic mass is 10.0. The molecule has 1 fully saturated rings. The van der Waals surface area contributed by atoms with E-state index in [9.17, 15) is 8.78 Å². The molecule has 0 heterocycles. The van der Waals surface area contributed by atoms with E-state index in [1.165, 1.54) is 12.1 Å². The van der Waals surface area contributed by atoms with Crippen LogP contribution in [0, 0.1) is 17.6 Å². The van der Waals surface area contributed by atoms with Crippen molar-refractivity contribution in [3.8, 4) is 0 Å². The maximum Gasteiger partial charge on any atom is 0.129 e. The van der Waals surface area contributed by atoms with Crippen molar-refractivity contribution in [1.29, 1.82) is 0 Å². The van der Waals surface area contributed by atoms with Gasteiger partial charge in [0, 0.05) is 12.1 Å². The predicted octanol–water partition coefficient (Wildman–Crippen LogP) is 1.75. The third kappa shape index (κ3) is 2.52. The summed E-state index contributed by atoms with van der Waals surface area (Å²) in [7, 11) is 0. The second-order valence-electron chi connectivity index (χ2n) is 4.05. The molecule has 0 saturated heterocycles. The van der Waals surface area contributed by atoms with E-state index in [1.807, 2.05) is 0 Å². The zero-order valence-corrected chi connectivity index (χ0v) is 8.34. The lowest BCUT2D eigenvalue weighted by molar-refractivity contribution is 0.461. The van der Waals surface area contributed by atoms with Crippen LogP contribution in [0.15, 0.2) is 18.2 Å². The van der Waals surface area contributed by atoms with Crippen LogP contribution in [-0.2, 0) is 6.42 Å². The minimum Gasteiger partial charge on any atom is -0.271 e. The van der Waals surface area contributed by atoms with E-state index in [0.29, 0.717) is 17.9 Å². The second kappa shape index (κ2) is 4.24. The maximum absolute atomic E-state index is 13.3. The molecule has 0 radical (unpaired) electrons. The Bertz CT molecular complexity index is 350. The lowest BCUT2D eigenvalue weighted by Crippen LogP contribution is -2.38. The van der Waals surface area contributed by atoms with Crippen LogP contribution in [0.2, 0.25) is 0 Å². The van der Waals surface area contributed by atoms with Crippen LogP contribution in [0.25, 0.3) is 0 Å². The van der Waals surface area contributed by atoms with E-state index in [1.54, 1.807) is 0 Å². The van der Waals surface area contributed by atoms with E-state index in [2.05, 4.69) is 5.43 Å². The number of halogens is 2. The SMILES string of the molecule is NNC(Cc1ccc(F)cc1F)C1CC1. The van der Waals surface area contributed by atoms with Gasteiger partial charge in [0.1, 0.15) is 11.6 Å². The zero-order valence-electron chi connectivity index (χ0n) is 8.34. The van der Waals surface area contributed by atoms with E-state index < -0.39 is 11.6 Å². The van der Waals surface area contributed by atoms with Gasteiger partial charge in [-0.1, -0.05) is 6.07 Å². The summed E-state index contributed by atoms with van der Waals surface area (Å²) in [6.45, 7) is 0. The van der Waals surface area contributed by atoms with Crippen molar-refractivity contribution < 1.29 is 8.78 Å². The van der Waals surface area contributed by atoms with Gasteiger partial charge in [0.2, 0.25) is 0 Å². The quantitative estimate of drug-likeness (QED) is 0.589. The Morgan fingerprint density at radius 2 is 2.13 bits per heavy atom. The molecule has 2 rings (SSSR count). The molecule has 1 aromatic rings. The summed E-state index contributed by atoms with van der Waals surface area (Å²) >= 11 is 0. The average Bonchev–Trinajstić information content (AvgIpc) is 3.00. The van der Waals surface area contributed by atoms with Gasteiger partial charge in [-0.05, 0) is 36.8 Å². The summed E-state index contributed by atoms with van der Waals surface area (Å²) in [5.41, 5.74) is 3.21. The fraction of sp³-hybridized carbons (Fsp3) is 0.455. The van der Waals surface area contributed by atoms with Crippen molar-refractivity contribution in [2.24, 2.45) is 11.8 Å². The Morgan fingerprint density at radius 1 is 1.40 bits per heavy atom. The molecule has 15 heavy (non-hydrogen) atoms. The second-order valence-corrected chi connectivity index (χ2v) is 4.05. The molecule has 1 aromatic carbocycles. The van der Waals surface area contributed by atoms with Crippen LogP contribution in [0.1, 0.15) is 18.4 Å². The molecule has 2 nitrogen and oxygen atoms in total. The average molecular weight is 212 g/mol. The number of benzene rings is 1. The molecule has 3 N–H and O–H groups in total. The Morgan fingerprint density at radius 3 is 2.67 bits per heavy atom. The number of rotatable bonds is 4. The molecule has 1 saturated carbocycles. The van der Waals surface area contributed by atoms with E-state index in [4.69, 9.17) is 5.84 Å². The van der Waals surface area contributed by atoms with E-state index >= 15 is 0 Å². The predicted molar refractivity (Wildman–Crippen MR) is 53.9 cm³/mol.